The standard InChI is InChI=1S/C14H24N4O2S/c1-14(7-4-8-15-10-14)11-17-13-6-5-12(9-16-13)21(19,20)18(2)3/h5-6,9,15H,4,7-8,10-11H2,1-3H3,(H,16,17). The third-order valence-corrected chi connectivity index (χ3v) is 5.70. The third-order valence-electron chi connectivity index (χ3n) is 3.90. The quantitative estimate of drug-likeness (QED) is 0.853. The van der Waals surface area contributed by atoms with Crippen molar-refractivity contribution in [2.75, 3.05) is 39.0 Å². The Balaban J connectivity index is 2.00. The maximum atomic E-state index is 12.0. The molecule has 2 rings (SSSR count). The fraction of sp³-hybridized carbons (Fsp3) is 0.643. The Kier molecular flexibility index (Phi) is 4.85. The SMILES string of the molecule is CN(C)S(=O)(=O)c1ccc(NCC2(C)CCCNC2)nc1. The van der Waals surface area contributed by atoms with Crippen LogP contribution in [-0.4, -0.2) is 51.4 Å². The number of hydrogen-bond donors (Lipinski definition) is 2. The second-order valence-electron chi connectivity index (χ2n) is 6.11. The van der Waals surface area contributed by atoms with Gasteiger partial charge in [-0.05, 0) is 36.9 Å². The van der Waals surface area contributed by atoms with Crippen LogP contribution >= 0.6 is 0 Å². The van der Waals surface area contributed by atoms with E-state index in [0.29, 0.717) is 5.82 Å². The lowest BCUT2D eigenvalue weighted by Gasteiger charge is -2.34. The third kappa shape index (κ3) is 3.93. The Bertz CT molecular complexity index is 563. The van der Waals surface area contributed by atoms with E-state index in [1.807, 2.05) is 0 Å². The van der Waals surface area contributed by atoms with E-state index in [1.165, 1.54) is 37.4 Å². The van der Waals surface area contributed by atoms with Crippen LogP contribution in [0.15, 0.2) is 23.2 Å². The van der Waals surface area contributed by atoms with Crippen molar-refractivity contribution in [1.82, 2.24) is 14.6 Å². The first kappa shape index (κ1) is 16.2. The molecule has 1 aliphatic rings. The second-order valence-corrected chi connectivity index (χ2v) is 8.26. The summed E-state index contributed by atoms with van der Waals surface area (Å²) >= 11 is 0. The summed E-state index contributed by atoms with van der Waals surface area (Å²) in [6, 6.07) is 3.31. The van der Waals surface area contributed by atoms with Crippen LogP contribution in [0.2, 0.25) is 0 Å². The Morgan fingerprint density at radius 3 is 2.71 bits per heavy atom. The molecule has 118 valence electrons. The van der Waals surface area contributed by atoms with E-state index in [4.69, 9.17) is 0 Å². The summed E-state index contributed by atoms with van der Waals surface area (Å²) in [6.45, 7) is 5.15. The molecule has 1 aliphatic heterocycles. The second kappa shape index (κ2) is 6.29. The van der Waals surface area contributed by atoms with E-state index in [2.05, 4.69) is 22.5 Å². The van der Waals surface area contributed by atoms with E-state index in [9.17, 15) is 8.42 Å². The molecule has 0 saturated carbocycles. The van der Waals surface area contributed by atoms with Crippen molar-refractivity contribution in [3.63, 3.8) is 0 Å². The van der Waals surface area contributed by atoms with Crippen molar-refractivity contribution in [1.29, 1.82) is 0 Å². The van der Waals surface area contributed by atoms with Gasteiger partial charge in [-0.1, -0.05) is 6.92 Å². The summed E-state index contributed by atoms with van der Waals surface area (Å²) in [5.41, 5.74) is 0.217. The van der Waals surface area contributed by atoms with E-state index in [1.54, 1.807) is 12.1 Å². The Hall–Kier alpha value is -1.18. The van der Waals surface area contributed by atoms with Gasteiger partial charge in [0.25, 0.3) is 0 Å². The molecule has 2 heterocycles. The predicted octanol–water partition coefficient (Wildman–Crippen LogP) is 1.13. The molecule has 1 atom stereocenters. The number of anilines is 1. The van der Waals surface area contributed by atoms with Crippen LogP contribution in [0.3, 0.4) is 0 Å². The highest BCUT2D eigenvalue weighted by molar-refractivity contribution is 7.89. The Labute approximate surface area is 127 Å². The highest BCUT2D eigenvalue weighted by atomic mass is 32.2. The van der Waals surface area contributed by atoms with Gasteiger partial charge in [-0.25, -0.2) is 17.7 Å². The largest absolute Gasteiger partial charge is 0.369 e. The molecule has 0 aliphatic carbocycles. The lowest BCUT2D eigenvalue weighted by atomic mass is 9.83. The van der Waals surface area contributed by atoms with E-state index in [-0.39, 0.29) is 10.3 Å². The molecule has 0 amide bonds. The maximum Gasteiger partial charge on any atom is 0.244 e. The lowest BCUT2D eigenvalue weighted by Crippen LogP contribution is -2.42. The van der Waals surface area contributed by atoms with Crippen molar-refractivity contribution in [3.05, 3.63) is 18.3 Å². The van der Waals surface area contributed by atoms with Gasteiger partial charge < -0.3 is 10.6 Å². The summed E-state index contributed by atoms with van der Waals surface area (Å²) in [5, 5.41) is 6.71. The van der Waals surface area contributed by atoms with Gasteiger partial charge in [0.1, 0.15) is 10.7 Å². The molecule has 7 heteroatoms. The molecule has 0 radical (unpaired) electrons. The molecule has 0 aromatic carbocycles. The molecule has 1 saturated heterocycles. The van der Waals surface area contributed by atoms with Gasteiger partial charge in [0, 0.05) is 33.4 Å². The number of aromatic nitrogens is 1. The summed E-state index contributed by atoms with van der Waals surface area (Å²) < 4.78 is 25.1. The lowest BCUT2D eigenvalue weighted by molar-refractivity contribution is 0.253. The fourth-order valence-electron chi connectivity index (χ4n) is 2.42. The summed E-state index contributed by atoms with van der Waals surface area (Å²) in [7, 11) is -0.383. The van der Waals surface area contributed by atoms with Crippen molar-refractivity contribution in [2.45, 2.75) is 24.7 Å². The minimum absolute atomic E-state index is 0.212. The topological polar surface area (TPSA) is 74.3 Å². The van der Waals surface area contributed by atoms with Crippen molar-refractivity contribution < 1.29 is 8.42 Å². The number of pyridine rings is 1. The first-order valence-electron chi connectivity index (χ1n) is 7.17. The maximum absolute atomic E-state index is 12.0. The van der Waals surface area contributed by atoms with Gasteiger partial charge >= 0.3 is 0 Å². The highest BCUT2D eigenvalue weighted by Gasteiger charge is 2.26. The molecule has 21 heavy (non-hydrogen) atoms. The number of piperidine rings is 1. The average Bonchev–Trinajstić information content (AvgIpc) is 2.46. The number of nitrogens with one attached hydrogen (secondary N) is 2. The van der Waals surface area contributed by atoms with Crippen LogP contribution in [0.1, 0.15) is 19.8 Å². The molecule has 2 N–H and O–H groups in total. The normalized spacial score (nSPS) is 23.2. The van der Waals surface area contributed by atoms with E-state index >= 15 is 0 Å². The van der Waals surface area contributed by atoms with Gasteiger partial charge in [-0.2, -0.15) is 0 Å². The van der Waals surface area contributed by atoms with Crippen LogP contribution in [0.5, 0.6) is 0 Å². The van der Waals surface area contributed by atoms with Crippen LogP contribution in [-0.2, 0) is 10.0 Å². The van der Waals surface area contributed by atoms with Crippen LogP contribution in [0.4, 0.5) is 5.82 Å². The first-order chi connectivity index (χ1) is 9.83. The van der Waals surface area contributed by atoms with E-state index < -0.39 is 10.0 Å². The average molecular weight is 312 g/mol. The number of sulfonamides is 1. The van der Waals surface area contributed by atoms with Crippen LogP contribution in [0.25, 0.3) is 0 Å². The molecule has 6 nitrogen and oxygen atoms in total. The molecule has 1 fully saturated rings. The zero-order valence-corrected chi connectivity index (χ0v) is 13.7. The summed E-state index contributed by atoms with van der Waals surface area (Å²) in [4.78, 5) is 4.42. The molecule has 1 unspecified atom stereocenters. The summed E-state index contributed by atoms with van der Waals surface area (Å²) in [5.74, 6) is 0.708. The number of rotatable bonds is 5. The van der Waals surface area contributed by atoms with Gasteiger partial charge in [-0.3, -0.25) is 0 Å². The van der Waals surface area contributed by atoms with Gasteiger partial charge in [-0.15, -0.1) is 0 Å². The van der Waals surface area contributed by atoms with Crippen molar-refractivity contribution in [3.8, 4) is 0 Å². The molecule has 1 aromatic heterocycles. The molecule has 0 spiro atoms. The molecule has 1 aromatic rings. The van der Waals surface area contributed by atoms with Crippen molar-refractivity contribution in [2.24, 2.45) is 5.41 Å². The first-order valence-corrected chi connectivity index (χ1v) is 8.61. The molecular weight excluding hydrogens is 288 g/mol. The smallest absolute Gasteiger partial charge is 0.244 e. The summed E-state index contributed by atoms with van der Waals surface area (Å²) in [6.07, 6.45) is 3.77. The number of nitrogens with zero attached hydrogens (tertiary/aromatic N) is 2. The monoisotopic (exact) mass is 312 g/mol. The zero-order valence-electron chi connectivity index (χ0n) is 12.9. The fourth-order valence-corrected chi connectivity index (χ4v) is 3.27. The highest BCUT2D eigenvalue weighted by Crippen LogP contribution is 2.25. The van der Waals surface area contributed by atoms with Gasteiger partial charge in [0.2, 0.25) is 10.0 Å². The van der Waals surface area contributed by atoms with Gasteiger partial charge in [0.15, 0.2) is 0 Å². The van der Waals surface area contributed by atoms with Gasteiger partial charge in [0.05, 0.1) is 0 Å². The van der Waals surface area contributed by atoms with Crippen LogP contribution in [0, 0.1) is 5.41 Å². The molecular formula is C14H24N4O2S. The number of hydrogen-bond acceptors (Lipinski definition) is 5. The predicted molar refractivity (Wildman–Crippen MR) is 83.8 cm³/mol. The minimum atomic E-state index is -3.41. The Morgan fingerprint density at radius 1 is 1.43 bits per heavy atom. The zero-order chi connectivity index (χ0) is 15.5. The Morgan fingerprint density at radius 2 is 2.19 bits per heavy atom. The van der Waals surface area contributed by atoms with Crippen LogP contribution < -0.4 is 10.6 Å². The molecule has 0 bridgehead atoms. The minimum Gasteiger partial charge on any atom is -0.369 e. The van der Waals surface area contributed by atoms with E-state index in [0.717, 1.165) is 19.6 Å². The van der Waals surface area contributed by atoms with Crippen molar-refractivity contribution >= 4 is 15.8 Å².